The molecule has 1 aliphatic heterocycles. The smallest absolute Gasteiger partial charge is 0.0965 e. The zero-order chi connectivity index (χ0) is 11.8. The third-order valence-corrected chi connectivity index (χ3v) is 4.08. The van der Waals surface area contributed by atoms with E-state index >= 15 is 0 Å². The highest BCUT2D eigenvalue weighted by Gasteiger charge is 2.16. The van der Waals surface area contributed by atoms with Crippen molar-refractivity contribution in [2.24, 2.45) is 0 Å². The lowest BCUT2D eigenvalue weighted by molar-refractivity contribution is 0.286. The van der Waals surface area contributed by atoms with Crippen LogP contribution in [0.3, 0.4) is 0 Å². The van der Waals surface area contributed by atoms with Crippen LogP contribution in [0.25, 0.3) is 0 Å². The first kappa shape index (κ1) is 13.6. The lowest BCUT2D eigenvalue weighted by Crippen LogP contribution is -2.40. The van der Waals surface area contributed by atoms with E-state index in [9.17, 15) is 4.21 Å². The summed E-state index contributed by atoms with van der Waals surface area (Å²) in [5, 5.41) is 12.2. The SMILES string of the molecule is CCCNC(C#N)CCN1CCS(=O)CC1. The summed E-state index contributed by atoms with van der Waals surface area (Å²) in [6.45, 7) is 5.77. The Hall–Kier alpha value is -0.440. The van der Waals surface area contributed by atoms with Crippen LogP contribution in [0.15, 0.2) is 0 Å². The molecule has 16 heavy (non-hydrogen) atoms. The van der Waals surface area contributed by atoms with Crippen molar-refractivity contribution >= 4 is 10.8 Å². The van der Waals surface area contributed by atoms with E-state index in [-0.39, 0.29) is 6.04 Å². The Morgan fingerprint density at radius 1 is 1.50 bits per heavy atom. The molecule has 0 aliphatic carbocycles. The minimum absolute atomic E-state index is 0.0348. The van der Waals surface area contributed by atoms with Crippen molar-refractivity contribution in [2.75, 3.05) is 37.7 Å². The number of rotatable bonds is 6. The van der Waals surface area contributed by atoms with Gasteiger partial charge in [-0.05, 0) is 19.4 Å². The van der Waals surface area contributed by atoms with Gasteiger partial charge in [-0.1, -0.05) is 6.92 Å². The summed E-state index contributed by atoms with van der Waals surface area (Å²) in [6, 6.07) is 2.25. The van der Waals surface area contributed by atoms with Gasteiger partial charge in [0.05, 0.1) is 12.1 Å². The number of nitriles is 1. The largest absolute Gasteiger partial charge is 0.302 e. The molecule has 5 heteroatoms. The molecule has 0 spiro atoms. The van der Waals surface area contributed by atoms with Gasteiger partial charge in [0.2, 0.25) is 0 Å². The highest BCUT2D eigenvalue weighted by atomic mass is 32.2. The van der Waals surface area contributed by atoms with E-state index in [2.05, 4.69) is 23.2 Å². The molecule has 4 nitrogen and oxygen atoms in total. The number of nitrogens with zero attached hydrogens (tertiary/aromatic N) is 2. The van der Waals surface area contributed by atoms with Crippen molar-refractivity contribution in [2.45, 2.75) is 25.8 Å². The Balaban J connectivity index is 2.17. The zero-order valence-electron chi connectivity index (χ0n) is 9.95. The highest BCUT2D eigenvalue weighted by molar-refractivity contribution is 7.85. The van der Waals surface area contributed by atoms with Crippen LogP contribution in [0.5, 0.6) is 0 Å². The lowest BCUT2D eigenvalue weighted by Gasteiger charge is -2.26. The van der Waals surface area contributed by atoms with Crippen LogP contribution in [-0.2, 0) is 10.8 Å². The van der Waals surface area contributed by atoms with Gasteiger partial charge in [-0.15, -0.1) is 0 Å². The second kappa shape index (κ2) is 7.77. The fraction of sp³-hybridized carbons (Fsp3) is 0.909. The number of hydrogen-bond acceptors (Lipinski definition) is 4. The van der Waals surface area contributed by atoms with Crippen LogP contribution in [0.4, 0.5) is 0 Å². The van der Waals surface area contributed by atoms with E-state index in [4.69, 9.17) is 5.26 Å². The predicted molar refractivity (Wildman–Crippen MR) is 66.6 cm³/mol. The van der Waals surface area contributed by atoms with Crippen molar-refractivity contribution in [3.05, 3.63) is 0 Å². The molecule has 0 amide bonds. The number of hydrogen-bond donors (Lipinski definition) is 1. The van der Waals surface area contributed by atoms with Crippen molar-refractivity contribution in [3.8, 4) is 6.07 Å². The molecule has 1 fully saturated rings. The highest BCUT2D eigenvalue weighted by Crippen LogP contribution is 2.02. The van der Waals surface area contributed by atoms with E-state index in [1.54, 1.807) is 0 Å². The summed E-state index contributed by atoms with van der Waals surface area (Å²) in [5.41, 5.74) is 0. The monoisotopic (exact) mass is 243 g/mol. The molecule has 1 N–H and O–H groups in total. The minimum Gasteiger partial charge on any atom is -0.302 e. The van der Waals surface area contributed by atoms with Crippen LogP contribution in [-0.4, -0.2) is 52.8 Å². The fourth-order valence-electron chi connectivity index (χ4n) is 1.74. The second-order valence-electron chi connectivity index (χ2n) is 4.11. The zero-order valence-corrected chi connectivity index (χ0v) is 10.8. The molecular formula is C11H21N3OS. The fourth-order valence-corrected chi connectivity index (χ4v) is 2.87. The van der Waals surface area contributed by atoms with E-state index in [0.29, 0.717) is 0 Å². The molecule has 1 saturated heterocycles. The van der Waals surface area contributed by atoms with Crippen LogP contribution >= 0.6 is 0 Å². The van der Waals surface area contributed by atoms with Gasteiger partial charge in [-0.2, -0.15) is 5.26 Å². The van der Waals surface area contributed by atoms with Crippen molar-refractivity contribution in [1.29, 1.82) is 5.26 Å². The van der Waals surface area contributed by atoms with Crippen LogP contribution < -0.4 is 5.32 Å². The number of nitrogens with one attached hydrogen (secondary N) is 1. The van der Waals surface area contributed by atoms with E-state index in [1.807, 2.05) is 0 Å². The molecule has 92 valence electrons. The summed E-state index contributed by atoms with van der Waals surface area (Å²) in [5.74, 6) is 1.58. The molecule has 0 aromatic carbocycles. The maximum Gasteiger partial charge on any atom is 0.0965 e. The summed E-state index contributed by atoms with van der Waals surface area (Å²) in [4.78, 5) is 2.30. The summed E-state index contributed by atoms with van der Waals surface area (Å²) in [7, 11) is -0.604. The molecular weight excluding hydrogens is 222 g/mol. The average molecular weight is 243 g/mol. The molecule has 1 aliphatic rings. The standard InChI is InChI=1S/C11H21N3OS/c1-2-4-13-11(10-12)3-5-14-6-8-16(15)9-7-14/h11,13H,2-9H2,1H3. The van der Waals surface area contributed by atoms with Gasteiger partial charge in [0, 0.05) is 41.9 Å². The average Bonchev–Trinajstić information content (AvgIpc) is 2.32. The van der Waals surface area contributed by atoms with Gasteiger partial charge in [0.15, 0.2) is 0 Å². The minimum atomic E-state index is -0.604. The predicted octanol–water partition coefficient (Wildman–Crippen LogP) is 0.333. The molecule has 1 atom stereocenters. The van der Waals surface area contributed by atoms with Crippen LogP contribution in [0.2, 0.25) is 0 Å². The maximum atomic E-state index is 11.2. The Morgan fingerprint density at radius 3 is 2.75 bits per heavy atom. The van der Waals surface area contributed by atoms with Crippen molar-refractivity contribution in [1.82, 2.24) is 10.2 Å². The van der Waals surface area contributed by atoms with Crippen molar-refractivity contribution < 1.29 is 4.21 Å². The third-order valence-electron chi connectivity index (χ3n) is 2.80. The third kappa shape index (κ3) is 5.06. The molecule has 0 bridgehead atoms. The topological polar surface area (TPSA) is 56.1 Å². The van der Waals surface area contributed by atoms with Crippen LogP contribution in [0, 0.1) is 11.3 Å². The molecule has 0 aromatic heterocycles. The second-order valence-corrected chi connectivity index (χ2v) is 5.81. The summed E-state index contributed by atoms with van der Waals surface area (Å²) >= 11 is 0. The van der Waals surface area contributed by atoms with Gasteiger partial charge in [0.25, 0.3) is 0 Å². The summed E-state index contributed by atoms with van der Waals surface area (Å²) in [6.07, 6.45) is 1.92. The van der Waals surface area contributed by atoms with E-state index < -0.39 is 10.8 Å². The van der Waals surface area contributed by atoms with Gasteiger partial charge in [-0.25, -0.2) is 0 Å². The van der Waals surface area contributed by atoms with Gasteiger partial charge in [-0.3, -0.25) is 4.21 Å². The maximum absolute atomic E-state index is 11.2. The Bertz CT molecular complexity index is 254. The molecule has 1 unspecified atom stereocenters. The first-order chi connectivity index (χ1) is 7.76. The van der Waals surface area contributed by atoms with Gasteiger partial charge >= 0.3 is 0 Å². The Kier molecular flexibility index (Phi) is 6.62. The molecule has 0 saturated carbocycles. The Morgan fingerprint density at radius 2 is 2.19 bits per heavy atom. The first-order valence-electron chi connectivity index (χ1n) is 5.96. The molecule has 0 aromatic rings. The molecule has 0 radical (unpaired) electrons. The Labute approximate surface area is 100 Å². The van der Waals surface area contributed by atoms with Gasteiger partial charge in [0.1, 0.15) is 0 Å². The van der Waals surface area contributed by atoms with Gasteiger partial charge < -0.3 is 10.2 Å². The normalized spacial score (nSPS) is 20.5. The molecule has 1 rings (SSSR count). The van der Waals surface area contributed by atoms with Crippen LogP contribution in [0.1, 0.15) is 19.8 Å². The molecule has 1 heterocycles. The van der Waals surface area contributed by atoms with E-state index in [0.717, 1.165) is 50.5 Å². The first-order valence-corrected chi connectivity index (χ1v) is 7.45. The van der Waals surface area contributed by atoms with E-state index in [1.165, 1.54) is 0 Å². The quantitative estimate of drug-likeness (QED) is 0.730. The summed E-state index contributed by atoms with van der Waals surface area (Å²) < 4.78 is 11.2. The lowest BCUT2D eigenvalue weighted by atomic mass is 10.2. The van der Waals surface area contributed by atoms with Crippen molar-refractivity contribution in [3.63, 3.8) is 0 Å².